The normalized spacial score (nSPS) is 18.1. The summed E-state index contributed by atoms with van der Waals surface area (Å²) in [6.45, 7) is 14.3. The van der Waals surface area contributed by atoms with Crippen molar-refractivity contribution in [2.75, 3.05) is 53.4 Å². The predicted octanol–water partition coefficient (Wildman–Crippen LogP) is 2.91. The van der Waals surface area contributed by atoms with Crippen molar-refractivity contribution in [3.8, 4) is 0 Å². The number of carbonyl (C=O) groups excluding carboxylic acids is 1. The summed E-state index contributed by atoms with van der Waals surface area (Å²) in [6, 6.07) is 0.180. The summed E-state index contributed by atoms with van der Waals surface area (Å²) in [5, 5.41) is 0. The number of urea groups is 1. The van der Waals surface area contributed by atoms with Crippen LogP contribution in [0, 0.1) is 5.92 Å². The van der Waals surface area contributed by atoms with Gasteiger partial charge in [-0.15, -0.1) is 0 Å². The fraction of sp³-hybridized carbons (Fsp3) is 0.944. The number of nitrogens with zero attached hydrogens (tertiary/aromatic N) is 3. The molecule has 1 aliphatic heterocycles. The first-order valence-corrected chi connectivity index (χ1v) is 9.10. The molecular weight excluding hydrogens is 290 g/mol. The molecule has 23 heavy (non-hydrogen) atoms. The largest absolute Gasteiger partial charge is 0.379 e. The van der Waals surface area contributed by atoms with E-state index in [-0.39, 0.29) is 11.6 Å². The summed E-state index contributed by atoms with van der Waals surface area (Å²) >= 11 is 0. The predicted molar refractivity (Wildman–Crippen MR) is 95.8 cm³/mol. The minimum absolute atomic E-state index is 0.0542. The van der Waals surface area contributed by atoms with E-state index in [1.54, 1.807) is 7.11 Å². The Morgan fingerprint density at radius 1 is 1.22 bits per heavy atom. The molecule has 5 heteroatoms. The van der Waals surface area contributed by atoms with E-state index in [1.165, 1.54) is 6.42 Å². The van der Waals surface area contributed by atoms with Crippen LogP contribution in [0.4, 0.5) is 4.79 Å². The molecule has 0 radical (unpaired) electrons. The van der Waals surface area contributed by atoms with E-state index in [1.807, 2.05) is 16.8 Å². The third-order valence-electron chi connectivity index (χ3n) is 4.95. The van der Waals surface area contributed by atoms with Gasteiger partial charge in [-0.2, -0.15) is 0 Å². The van der Waals surface area contributed by atoms with Crippen LogP contribution in [0.3, 0.4) is 0 Å². The molecule has 0 aliphatic carbocycles. The number of methoxy groups -OCH3 is 1. The molecule has 1 aliphatic rings. The number of rotatable bonds is 8. The smallest absolute Gasteiger partial charge is 0.319 e. The minimum atomic E-state index is -0.0542. The van der Waals surface area contributed by atoms with Gasteiger partial charge in [0.25, 0.3) is 0 Å². The number of carbonyl (C=O) groups is 1. The number of hydrogen-bond acceptors (Lipinski definition) is 3. The van der Waals surface area contributed by atoms with Crippen molar-refractivity contribution in [1.82, 2.24) is 14.7 Å². The molecule has 1 heterocycles. The second-order valence-corrected chi connectivity index (χ2v) is 7.43. The monoisotopic (exact) mass is 327 g/mol. The van der Waals surface area contributed by atoms with Crippen LogP contribution in [-0.2, 0) is 4.74 Å². The number of hydrogen-bond donors (Lipinski definition) is 0. The average Bonchev–Trinajstić information content (AvgIpc) is 2.54. The van der Waals surface area contributed by atoms with E-state index in [9.17, 15) is 4.79 Å². The van der Waals surface area contributed by atoms with Crippen molar-refractivity contribution in [3.05, 3.63) is 0 Å². The van der Waals surface area contributed by atoms with Gasteiger partial charge in [0, 0.05) is 53.4 Å². The third-order valence-corrected chi connectivity index (χ3v) is 4.95. The Kier molecular flexibility index (Phi) is 8.34. The van der Waals surface area contributed by atoms with Gasteiger partial charge in [-0.25, -0.2) is 4.79 Å². The molecule has 0 aromatic rings. The van der Waals surface area contributed by atoms with Gasteiger partial charge in [0.05, 0.1) is 5.60 Å². The summed E-state index contributed by atoms with van der Waals surface area (Å²) in [5.74, 6) is 0.648. The van der Waals surface area contributed by atoms with Gasteiger partial charge in [0.15, 0.2) is 0 Å². The lowest BCUT2D eigenvalue weighted by Crippen LogP contribution is -2.53. The van der Waals surface area contributed by atoms with Crippen molar-refractivity contribution in [2.45, 2.75) is 52.6 Å². The molecule has 0 bridgehead atoms. The topological polar surface area (TPSA) is 36.0 Å². The molecule has 0 aromatic heterocycles. The Morgan fingerprint density at radius 2 is 1.83 bits per heavy atom. The highest BCUT2D eigenvalue weighted by Crippen LogP contribution is 2.23. The summed E-state index contributed by atoms with van der Waals surface area (Å²) in [6.07, 6.45) is 3.26. The summed E-state index contributed by atoms with van der Waals surface area (Å²) < 4.78 is 5.58. The second-order valence-electron chi connectivity index (χ2n) is 7.43. The zero-order chi connectivity index (χ0) is 17.5. The van der Waals surface area contributed by atoms with Crippen LogP contribution in [-0.4, -0.2) is 79.8 Å². The maximum absolute atomic E-state index is 12.3. The molecule has 1 rings (SSSR count). The molecule has 0 N–H and O–H groups in total. The van der Waals surface area contributed by atoms with E-state index >= 15 is 0 Å². The molecule has 0 aromatic carbocycles. The van der Waals surface area contributed by atoms with Gasteiger partial charge >= 0.3 is 6.03 Å². The molecule has 1 fully saturated rings. The molecule has 1 saturated heterocycles. The standard InChI is InChI=1S/C18H37N3O2/c1-7-9-19(5)17(22)21-12-10-20(11-13-21)15-16(8-2)14-18(3,4)23-6/h16H,7-15H2,1-6H3. The van der Waals surface area contributed by atoms with E-state index < -0.39 is 0 Å². The van der Waals surface area contributed by atoms with Crippen LogP contribution in [0.2, 0.25) is 0 Å². The SMILES string of the molecule is CCCN(C)C(=O)N1CCN(CC(CC)CC(C)(C)OC)CC1. The van der Waals surface area contributed by atoms with Crippen molar-refractivity contribution < 1.29 is 9.53 Å². The molecule has 0 spiro atoms. The van der Waals surface area contributed by atoms with E-state index in [0.29, 0.717) is 5.92 Å². The fourth-order valence-corrected chi connectivity index (χ4v) is 3.28. The molecule has 1 atom stereocenters. The second kappa shape index (κ2) is 9.48. The highest BCUT2D eigenvalue weighted by Gasteiger charge is 2.27. The zero-order valence-corrected chi connectivity index (χ0v) is 16.1. The molecule has 136 valence electrons. The van der Waals surface area contributed by atoms with Crippen LogP contribution in [0.5, 0.6) is 0 Å². The number of amides is 2. The molecule has 1 unspecified atom stereocenters. The van der Waals surface area contributed by atoms with E-state index in [2.05, 4.69) is 32.6 Å². The first kappa shape index (κ1) is 20.2. The summed E-state index contributed by atoms with van der Waals surface area (Å²) in [4.78, 5) is 18.7. The fourth-order valence-electron chi connectivity index (χ4n) is 3.28. The van der Waals surface area contributed by atoms with Gasteiger partial charge in [0.1, 0.15) is 0 Å². The maximum atomic E-state index is 12.3. The first-order valence-electron chi connectivity index (χ1n) is 9.10. The lowest BCUT2D eigenvalue weighted by molar-refractivity contribution is -0.00458. The Labute approximate surface area is 142 Å². The van der Waals surface area contributed by atoms with Gasteiger partial charge in [-0.1, -0.05) is 20.3 Å². The van der Waals surface area contributed by atoms with E-state index in [4.69, 9.17) is 4.74 Å². The van der Waals surface area contributed by atoms with Crippen LogP contribution in [0.15, 0.2) is 0 Å². The average molecular weight is 328 g/mol. The third kappa shape index (κ3) is 6.68. The van der Waals surface area contributed by atoms with Gasteiger partial charge in [-0.3, -0.25) is 4.90 Å². The van der Waals surface area contributed by atoms with Gasteiger partial charge in [0.2, 0.25) is 0 Å². The Morgan fingerprint density at radius 3 is 2.30 bits per heavy atom. The Hall–Kier alpha value is -0.810. The molecule has 2 amide bonds. The quantitative estimate of drug-likeness (QED) is 0.688. The molecule has 5 nitrogen and oxygen atoms in total. The van der Waals surface area contributed by atoms with Gasteiger partial charge in [-0.05, 0) is 32.6 Å². The minimum Gasteiger partial charge on any atom is -0.379 e. The van der Waals surface area contributed by atoms with Crippen molar-refractivity contribution >= 4 is 6.03 Å². The summed E-state index contributed by atoms with van der Waals surface area (Å²) in [5.41, 5.74) is -0.0542. The van der Waals surface area contributed by atoms with Crippen LogP contribution < -0.4 is 0 Å². The molecular formula is C18H37N3O2. The maximum Gasteiger partial charge on any atom is 0.319 e. The lowest BCUT2D eigenvalue weighted by atomic mass is 9.91. The Bertz CT molecular complexity index is 352. The van der Waals surface area contributed by atoms with Gasteiger partial charge < -0.3 is 14.5 Å². The van der Waals surface area contributed by atoms with Crippen LogP contribution in [0.25, 0.3) is 0 Å². The van der Waals surface area contributed by atoms with Crippen molar-refractivity contribution in [1.29, 1.82) is 0 Å². The number of ether oxygens (including phenoxy) is 1. The summed E-state index contributed by atoms with van der Waals surface area (Å²) in [7, 11) is 3.70. The zero-order valence-electron chi connectivity index (χ0n) is 16.1. The Balaban J connectivity index is 2.42. The van der Waals surface area contributed by atoms with Crippen molar-refractivity contribution in [3.63, 3.8) is 0 Å². The van der Waals surface area contributed by atoms with Crippen LogP contribution in [0.1, 0.15) is 47.0 Å². The van der Waals surface area contributed by atoms with E-state index in [0.717, 1.165) is 52.1 Å². The van der Waals surface area contributed by atoms with Crippen molar-refractivity contribution in [2.24, 2.45) is 5.92 Å². The first-order chi connectivity index (χ1) is 10.8. The lowest BCUT2D eigenvalue weighted by Gasteiger charge is -2.39. The number of piperazine rings is 1. The highest BCUT2D eigenvalue weighted by molar-refractivity contribution is 5.74. The highest BCUT2D eigenvalue weighted by atomic mass is 16.5. The molecule has 0 saturated carbocycles. The van der Waals surface area contributed by atoms with Crippen LogP contribution >= 0.6 is 0 Å².